The minimum absolute atomic E-state index is 0.0374. The van der Waals surface area contributed by atoms with Crippen LogP contribution >= 0.6 is 0 Å². The topological polar surface area (TPSA) is 50.2 Å². The molecule has 0 unspecified atom stereocenters. The van der Waals surface area contributed by atoms with E-state index in [9.17, 15) is 4.79 Å². The van der Waals surface area contributed by atoms with Crippen molar-refractivity contribution in [3.8, 4) is 0 Å². The van der Waals surface area contributed by atoms with Gasteiger partial charge in [0.15, 0.2) is 0 Å². The first-order chi connectivity index (χ1) is 12.8. The van der Waals surface area contributed by atoms with Gasteiger partial charge in [0.25, 0.3) is 5.91 Å². The molecule has 0 atom stereocenters. The van der Waals surface area contributed by atoms with Crippen LogP contribution in [0.5, 0.6) is 0 Å². The van der Waals surface area contributed by atoms with Gasteiger partial charge in [-0.1, -0.05) is 12.1 Å². The third-order valence-electron chi connectivity index (χ3n) is 5.01. The number of benzene rings is 1. The number of aromatic nitrogens is 2. The standard InChI is InChI=1S/C22H32N4O/c1-6-25(18-9-7-8-16(2)14-18)13-12-23-21(27)20-15-19(17-10-11-17)24-26(20)22(3,4)5/h7-9,14-15,17H,6,10-13H2,1-5H3,(H,23,27). The van der Waals surface area contributed by atoms with E-state index in [1.165, 1.54) is 24.1 Å². The maximum absolute atomic E-state index is 12.8. The van der Waals surface area contributed by atoms with E-state index in [1.807, 2.05) is 10.7 Å². The van der Waals surface area contributed by atoms with Gasteiger partial charge in [-0.2, -0.15) is 5.10 Å². The van der Waals surface area contributed by atoms with Crippen LogP contribution in [0.1, 0.15) is 68.2 Å². The number of amides is 1. The molecule has 1 aromatic carbocycles. The summed E-state index contributed by atoms with van der Waals surface area (Å²) >= 11 is 0. The highest BCUT2D eigenvalue weighted by Gasteiger charge is 2.31. The van der Waals surface area contributed by atoms with Crippen LogP contribution in [0.25, 0.3) is 0 Å². The second kappa shape index (κ2) is 7.75. The molecule has 1 aromatic heterocycles. The van der Waals surface area contributed by atoms with Crippen LogP contribution in [0.15, 0.2) is 30.3 Å². The Labute approximate surface area is 162 Å². The molecule has 0 aliphatic heterocycles. The van der Waals surface area contributed by atoms with E-state index in [-0.39, 0.29) is 11.4 Å². The molecule has 0 bridgehead atoms. The molecule has 1 aliphatic rings. The van der Waals surface area contributed by atoms with Crippen LogP contribution in [-0.2, 0) is 5.54 Å². The third-order valence-corrected chi connectivity index (χ3v) is 5.01. The Hall–Kier alpha value is -2.30. The van der Waals surface area contributed by atoms with E-state index >= 15 is 0 Å². The molecule has 0 saturated heterocycles. The van der Waals surface area contributed by atoms with Gasteiger partial charge in [-0.15, -0.1) is 0 Å². The van der Waals surface area contributed by atoms with Gasteiger partial charge in [0.2, 0.25) is 0 Å². The second-order valence-electron chi connectivity index (χ2n) is 8.49. The first-order valence-electron chi connectivity index (χ1n) is 10.00. The smallest absolute Gasteiger partial charge is 0.269 e. The van der Waals surface area contributed by atoms with Crippen molar-refractivity contribution in [2.24, 2.45) is 0 Å². The normalized spacial score (nSPS) is 14.3. The Balaban J connectivity index is 1.65. The molecule has 146 valence electrons. The lowest BCUT2D eigenvalue weighted by Crippen LogP contribution is -2.37. The molecule has 0 radical (unpaired) electrons. The fraction of sp³-hybridized carbons (Fsp3) is 0.545. The molecule has 3 rings (SSSR count). The Bertz CT molecular complexity index is 799. The molecule has 1 aliphatic carbocycles. The van der Waals surface area contributed by atoms with Crippen molar-refractivity contribution in [1.29, 1.82) is 0 Å². The number of likely N-dealkylation sites (N-methyl/N-ethyl adjacent to an activating group) is 1. The van der Waals surface area contributed by atoms with Gasteiger partial charge in [0.05, 0.1) is 11.2 Å². The number of hydrogen-bond acceptors (Lipinski definition) is 3. The van der Waals surface area contributed by atoms with Gasteiger partial charge >= 0.3 is 0 Å². The van der Waals surface area contributed by atoms with E-state index in [1.54, 1.807) is 0 Å². The van der Waals surface area contributed by atoms with E-state index < -0.39 is 0 Å². The molecule has 0 spiro atoms. The summed E-state index contributed by atoms with van der Waals surface area (Å²) in [5.74, 6) is 0.502. The van der Waals surface area contributed by atoms with E-state index in [0.29, 0.717) is 18.2 Å². The maximum atomic E-state index is 12.8. The summed E-state index contributed by atoms with van der Waals surface area (Å²) in [6.07, 6.45) is 2.37. The van der Waals surface area contributed by atoms with Crippen LogP contribution in [0, 0.1) is 6.92 Å². The van der Waals surface area contributed by atoms with Crippen LogP contribution in [0.3, 0.4) is 0 Å². The first kappa shape index (κ1) is 19.5. The molecule has 5 heteroatoms. The largest absolute Gasteiger partial charge is 0.370 e. The number of anilines is 1. The van der Waals surface area contributed by atoms with Crippen molar-refractivity contribution in [2.45, 2.75) is 58.9 Å². The van der Waals surface area contributed by atoms with Gasteiger partial charge in [-0.3, -0.25) is 9.48 Å². The Kier molecular flexibility index (Phi) is 5.59. The summed E-state index contributed by atoms with van der Waals surface area (Å²) < 4.78 is 1.88. The van der Waals surface area contributed by atoms with Crippen molar-refractivity contribution < 1.29 is 4.79 Å². The molecular weight excluding hydrogens is 336 g/mol. The van der Waals surface area contributed by atoms with E-state index in [4.69, 9.17) is 5.10 Å². The summed E-state index contributed by atoms with van der Waals surface area (Å²) in [6.45, 7) is 12.8. The summed E-state index contributed by atoms with van der Waals surface area (Å²) in [5.41, 5.74) is 3.96. The third kappa shape index (κ3) is 4.71. The van der Waals surface area contributed by atoms with Crippen molar-refractivity contribution >= 4 is 11.6 Å². The first-order valence-corrected chi connectivity index (χ1v) is 10.00. The Morgan fingerprint density at radius 2 is 2.04 bits per heavy atom. The summed E-state index contributed by atoms with van der Waals surface area (Å²) in [7, 11) is 0. The van der Waals surface area contributed by atoms with Gasteiger partial charge in [0.1, 0.15) is 5.69 Å². The zero-order valence-corrected chi connectivity index (χ0v) is 17.2. The number of carbonyl (C=O) groups excluding carboxylic acids is 1. The monoisotopic (exact) mass is 368 g/mol. The predicted molar refractivity (Wildman–Crippen MR) is 111 cm³/mol. The molecule has 1 heterocycles. The lowest BCUT2D eigenvalue weighted by molar-refractivity contribution is 0.0936. The minimum atomic E-state index is -0.211. The quantitative estimate of drug-likeness (QED) is 0.801. The minimum Gasteiger partial charge on any atom is -0.370 e. The number of nitrogens with one attached hydrogen (secondary N) is 1. The highest BCUT2D eigenvalue weighted by Crippen LogP contribution is 2.40. The van der Waals surface area contributed by atoms with Crippen LogP contribution < -0.4 is 10.2 Å². The van der Waals surface area contributed by atoms with E-state index in [0.717, 1.165) is 18.8 Å². The van der Waals surface area contributed by atoms with Crippen molar-refractivity contribution in [2.75, 3.05) is 24.5 Å². The van der Waals surface area contributed by atoms with Gasteiger partial charge in [-0.25, -0.2) is 0 Å². The van der Waals surface area contributed by atoms with Crippen LogP contribution in [-0.4, -0.2) is 35.3 Å². The SMILES string of the molecule is CCN(CCNC(=O)c1cc(C2CC2)nn1C(C)(C)C)c1cccc(C)c1. The average Bonchev–Trinajstić information content (AvgIpc) is 3.35. The number of hydrogen-bond donors (Lipinski definition) is 1. The molecule has 1 amide bonds. The van der Waals surface area contributed by atoms with Crippen molar-refractivity contribution in [3.05, 3.63) is 47.3 Å². The molecule has 1 saturated carbocycles. The molecule has 1 fully saturated rings. The summed E-state index contributed by atoms with van der Waals surface area (Å²) in [6, 6.07) is 10.5. The average molecular weight is 369 g/mol. The predicted octanol–water partition coefficient (Wildman–Crippen LogP) is 4.08. The number of rotatable bonds is 7. The van der Waals surface area contributed by atoms with E-state index in [2.05, 4.69) is 69.1 Å². The highest BCUT2D eigenvalue weighted by atomic mass is 16.2. The van der Waals surface area contributed by atoms with Crippen molar-refractivity contribution in [1.82, 2.24) is 15.1 Å². The fourth-order valence-electron chi connectivity index (χ4n) is 3.34. The highest BCUT2D eigenvalue weighted by molar-refractivity contribution is 5.92. The molecule has 1 N–H and O–H groups in total. The fourth-order valence-corrected chi connectivity index (χ4v) is 3.34. The molecular formula is C22H32N4O. The molecule has 27 heavy (non-hydrogen) atoms. The van der Waals surface area contributed by atoms with Gasteiger partial charge in [0, 0.05) is 31.2 Å². The molecule has 5 nitrogen and oxygen atoms in total. The van der Waals surface area contributed by atoms with Crippen LogP contribution in [0.4, 0.5) is 5.69 Å². The zero-order chi connectivity index (χ0) is 19.6. The Morgan fingerprint density at radius 3 is 2.63 bits per heavy atom. The summed E-state index contributed by atoms with van der Waals surface area (Å²) in [5, 5.41) is 7.82. The van der Waals surface area contributed by atoms with Gasteiger partial charge < -0.3 is 10.2 Å². The molecule has 2 aromatic rings. The Morgan fingerprint density at radius 1 is 1.30 bits per heavy atom. The number of nitrogens with zero attached hydrogens (tertiary/aromatic N) is 3. The summed E-state index contributed by atoms with van der Waals surface area (Å²) in [4.78, 5) is 15.1. The number of carbonyl (C=O) groups is 1. The maximum Gasteiger partial charge on any atom is 0.269 e. The lowest BCUT2D eigenvalue weighted by Gasteiger charge is -2.24. The zero-order valence-electron chi connectivity index (χ0n) is 17.2. The number of aryl methyl sites for hydroxylation is 1. The van der Waals surface area contributed by atoms with Crippen molar-refractivity contribution in [3.63, 3.8) is 0 Å². The lowest BCUT2D eigenvalue weighted by atomic mass is 10.1. The van der Waals surface area contributed by atoms with Crippen LogP contribution in [0.2, 0.25) is 0 Å². The van der Waals surface area contributed by atoms with Gasteiger partial charge in [-0.05, 0) is 71.2 Å². The second-order valence-corrected chi connectivity index (χ2v) is 8.49.